The molecule has 0 aromatic heterocycles. The van der Waals surface area contributed by atoms with Crippen molar-refractivity contribution in [1.29, 1.82) is 0 Å². The smallest absolute Gasteiger partial charge is 0.379 e. The molecule has 0 saturated heterocycles. The van der Waals surface area contributed by atoms with Gasteiger partial charge in [0.25, 0.3) is 5.78 Å². The number of ether oxygens (including phenoxy) is 1. The number of carbonyl (C=O) groups excluding carboxylic acids is 2. The van der Waals surface area contributed by atoms with E-state index in [-0.39, 0.29) is 6.61 Å². The second kappa shape index (κ2) is 7.80. The van der Waals surface area contributed by atoms with E-state index in [1.54, 1.807) is 44.2 Å². The van der Waals surface area contributed by atoms with Crippen LogP contribution < -0.4 is 0 Å². The molecule has 0 atom stereocenters. The van der Waals surface area contributed by atoms with Crippen molar-refractivity contribution in [2.24, 2.45) is 0 Å². The van der Waals surface area contributed by atoms with Crippen LogP contribution in [0.15, 0.2) is 30.3 Å². The summed E-state index contributed by atoms with van der Waals surface area (Å²) in [6.07, 6.45) is 3.14. The fourth-order valence-electron chi connectivity index (χ4n) is 1.77. The number of esters is 1. The summed E-state index contributed by atoms with van der Waals surface area (Å²) in [5, 5.41) is 9.53. The number of aliphatic hydroxyl groups is 1. The van der Waals surface area contributed by atoms with Crippen LogP contribution >= 0.6 is 0 Å². The molecule has 0 aliphatic carbocycles. The van der Waals surface area contributed by atoms with Gasteiger partial charge in [-0.15, -0.1) is 0 Å². The fraction of sp³-hybridized carbons (Fsp3) is 0.500. The van der Waals surface area contributed by atoms with Gasteiger partial charge in [-0.2, -0.15) is 0 Å². The first-order valence-electron chi connectivity index (χ1n) is 6.89. The zero-order chi connectivity index (χ0) is 15.0. The van der Waals surface area contributed by atoms with E-state index in [9.17, 15) is 14.7 Å². The van der Waals surface area contributed by atoms with Crippen molar-refractivity contribution < 1.29 is 19.4 Å². The van der Waals surface area contributed by atoms with E-state index in [4.69, 9.17) is 4.74 Å². The number of hydrogen-bond acceptors (Lipinski definition) is 4. The molecule has 4 nitrogen and oxygen atoms in total. The van der Waals surface area contributed by atoms with Gasteiger partial charge in [-0.1, -0.05) is 36.8 Å². The summed E-state index contributed by atoms with van der Waals surface area (Å²) in [7, 11) is 0. The van der Waals surface area contributed by atoms with E-state index in [0.717, 1.165) is 12.8 Å². The number of unbranched alkanes of at least 4 members (excludes halogenated alkanes) is 2. The average molecular weight is 278 g/mol. The summed E-state index contributed by atoms with van der Waals surface area (Å²) in [5.41, 5.74) is -0.306. The van der Waals surface area contributed by atoms with Gasteiger partial charge in [0.1, 0.15) is 0 Å². The third kappa shape index (κ3) is 6.48. The van der Waals surface area contributed by atoms with E-state index < -0.39 is 17.4 Å². The first-order valence-corrected chi connectivity index (χ1v) is 6.89. The van der Waals surface area contributed by atoms with E-state index in [0.29, 0.717) is 18.4 Å². The predicted molar refractivity (Wildman–Crippen MR) is 76.5 cm³/mol. The third-order valence-electron chi connectivity index (χ3n) is 2.89. The van der Waals surface area contributed by atoms with Crippen molar-refractivity contribution in [1.82, 2.24) is 0 Å². The molecule has 110 valence electrons. The van der Waals surface area contributed by atoms with Gasteiger partial charge in [0.15, 0.2) is 0 Å². The monoisotopic (exact) mass is 278 g/mol. The molecule has 1 aromatic rings. The average Bonchev–Trinajstić information content (AvgIpc) is 2.41. The topological polar surface area (TPSA) is 63.6 Å². The number of hydrogen-bond donors (Lipinski definition) is 1. The Labute approximate surface area is 119 Å². The molecule has 0 aliphatic rings. The quantitative estimate of drug-likeness (QED) is 0.344. The zero-order valence-corrected chi connectivity index (χ0v) is 12.1. The first-order chi connectivity index (χ1) is 9.40. The van der Waals surface area contributed by atoms with Crippen LogP contribution in [0.5, 0.6) is 0 Å². The molecule has 0 spiro atoms. The van der Waals surface area contributed by atoms with Crippen LogP contribution in [0.3, 0.4) is 0 Å². The molecule has 0 bridgehead atoms. The van der Waals surface area contributed by atoms with Gasteiger partial charge in [0.05, 0.1) is 12.2 Å². The highest BCUT2D eigenvalue weighted by Gasteiger charge is 2.17. The maximum atomic E-state index is 11.7. The second-order valence-electron chi connectivity index (χ2n) is 5.45. The Morgan fingerprint density at radius 3 is 2.35 bits per heavy atom. The van der Waals surface area contributed by atoms with Crippen molar-refractivity contribution >= 4 is 11.8 Å². The van der Waals surface area contributed by atoms with Gasteiger partial charge in [-0.05, 0) is 33.1 Å². The number of Topliss-reactive ketones (excluding diaryl/α,β-unsaturated/α-hetero) is 1. The lowest BCUT2D eigenvalue weighted by Crippen LogP contribution is -2.19. The molecule has 1 aromatic carbocycles. The Hall–Kier alpha value is -1.68. The second-order valence-corrected chi connectivity index (χ2v) is 5.45. The molecule has 0 amide bonds. The lowest BCUT2D eigenvalue weighted by atomic mass is 10.0. The SMILES string of the molecule is CC(C)(O)CCCCCOC(=O)C(=O)c1ccccc1. The maximum Gasteiger partial charge on any atom is 0.379 e. The fourth-order valence-corrected chi connectivity index (χ4v) is 1.77. The Kier molecular flexibility index (Phi) is 6.39. The molecule has 0 unspecified atom stereocenters. The first kappa shape index (κ1) is 16.4. The standard InChI is InChI=1S/C16H22O4/c1-16(2,19)11-7-4-8-12-20-15(18)14(17)13-9-5-3-6-10-13/h3,5-6,9-10,19H,4,7-8,11-12H2,1-2H3. The van der Waals surface area contributed by atoms with Gasteiger partial charge in [-0.25, -0.2) is 4.79 Å². The summed E-state index contributed by atoms with van der Waals surface area (Å²) < 4.78 is 4.94. The van der Waals surface area contributed by atoms with Gasteiger partial charge in [0, 0.05) is 5.56 Å². The molecule has 0 fully saturated rings. The Bertz CT molecular complexity index is 432. The Balaban J connectivity index is 2.19. The van der Waals surface area contributed by atoms with E-state index in [2.05, 4.69) is 0 Å². The van der Waals surface area contributed by atoms with Gasteiger partial charge >= 0.3 is 5.97 Å². The van der Waals surface area contributed by atoms with Crippen molar-refractivity contribution in [2.45, 2.75) is 45.1 Å². The number of ketones is 1. The van der Waals surface area contributed by atoms with Gasteiger partial charge in [0.2, 0.25) is 0 Å². The number of benzene rings is 1. The summed E-state index contributed by atoms with van der Waals surface area (Å²) in [5.74, 6) is -1.42. The lowest BCUT2D eigenvalue weighted by Gasteiger charge is -2.16. The maximum absolute atomic E-state index is 11.7. The molecular weight excluding hydrogens is 256 g/mol. The van der Waals surface area contributed by atoms with Crippen molar-refractivity contribution in [3.8, 4) is 0 Å². The highest BCUT2D eigenvalue weighted by atomic mass is 16.5. The van der Waals surface area contributed by atoms with Gasteiger partial charge < -0.3 is 9.84 Å². The highest BCUT2D eigenvalue weighted by Crippen LogP contribution is 2.13. The molecule has 0 radical (unpaired) electrons. The van der Waals surface area contributed by atoms with E-state index in [1.165, 1.54) is 0 Å². The van der Waals surface area contributed by atoms with E-state index in [1.807, 2.05) is 0 Å². The molecule has 20 heavy (non-hydrogen) atoms. The van der Waals surface area contributed by atoms with Crippen LogP contribution in [-0.2, 0) is 9.53 Å². The molecule has 0 aliphatic heterocycles. The molecular formula is C16H22O4. The molecule has 1 N–H and O–H groups in total. The normalized spacial score (nSPS) is 11.2. The number of rotatable bonds is 8. The molecule has 0 heterocycles. The Morgan fingerprint density at radius 2 is 1.75 bits per heavy atom. The Morgan fingerprint density at radius 1 is 1.10 bits per heavy atom. The van der Waals surface area contributed by atoms with Gasteiger partial charge in [-0.3, -0.25) is 4.79 Å². The minimum atomic E-state index is -0.807. The van der Waals surface area contributed by atoms with Crippen molar-refractivity contribution in [3.63, 3.8) is 0 Å². The highest BCUT2D eigenvalue weighted by molar-refractivity contribution is 6.40. The third-order valence-corrected chi connectivity index (χ3v) is 2.89. The lowest BCUT2D eigenvalue weighted by molar-refractivity contribution is -0.138. The summed E-state index contributed by atoms with van der Waals surface area (Å²) >= 11 is 0. The zero-order valence-electron chi connectivity index (χ0n) is 12.1. The van der Waals surface area contributed by atoms with Crippen LogP contribution in [0, 0.1) is 0 Å². The van der Waals surface area contributed by atoms with Crippen LogP contribution in [0.25, 0.3) is 0 Å². The summed E-state index contributed by atoms with van der Waals surface area (Å²) in [6, 6.07) is 8.37. The number of carbonyl (C=O) groups is 2. The van der Waals surface area contributed by atoms with Crippen molar-refractivity contribution in [3.05, 3.63) is 35.9 Å². The molecule has 4 heteroatoms. The van der Waals surface area contributed by atoms with Crippen LogP contribution in [0.4, 0.5) is 0 Å². The van der Waals surface area contributed by atoms with Crippen LogP contribution in [-0.4, -0.2) is 29.1 Å². The van der Waals surface area contributed by atoms with Crippen LogP contribution in [0.2, 0.25) is 0 Å². The minimum absolute atomic E-state index is 0.239. The summed E-state index contributed by atoms with van der Waals surface area (Å²) in [6.45, 7) is 3.78. The largest absolute Gasteiger partial charge is 0.460 e. The summed E-state index contributed by atoms with van der Waals surface area (Å²) in [4.78, 5) is 23.2. The molecule has 1 rings (SSSR count). The van der Waals surface area contributed by atoms with E-state index >= 15 is 0 Å². The van der Waals surface area contributed by atoms with Crippen molar-refractivity contribution in [2.75, 3.05) is 6.61 Å². The molecule has 0 saturated carbocycles. The predicted octanol–water partition coefficient (Wildman–Crippen LogP) is 2.74. The van der Waals surface area contributed by atoms with Crippen LogP contribution in [0.1, 0.15) is 49.9 Å². The minimum Gasteiger partial charge on any atom is -0.460 e.